The van der Waals surface area contributed by atoms with Gasteiger partial charge in [0.15, 0.2) is 22.1 Å². The molecular weight excluding hydrogens is 392 g/mol. The fraction of sp³-hybridized carbons (Fsp3) is 0.789. The molecule has 4 rings (SSSR count). The SMILES string of the molecule is CCCCNc1nc(SC2CCCC2)nc2c1nnn2C1CC(CO)[C@@H](O)C1O. The van der Waals surface area contributed by atoms with Gasteiger partial charge in [-0.1, -0.05) is 43.2 Å². The van der Waals surface area contributed by atoms with Crippen molar-refractivity contribution in [2.45, 2.75) is 80.5 Å². The van der Waals surface area contributed by atoms with E-state index in [-0.39, 0.29) is 12.5 Å². The van der Waals surface area contributed by atoms with E-state index >= 15 is 0 Å². The Morgan fingerprint density at radius 2 is 1.97 bits per heavy atom. The molecule has 2 fully saturated rings. The van der Waals surface area contributed by atoms with Crippen LogP contribution < -0.4 is 5.32 Å². The molecule has 2 saturated carbocycles. The summed E-state index contributed by atoms with van der Waals surface area (Å²) in [7, 11) is 0. The average Bonchev–Trinajstić information content (AvgIpc) is 3.43. The van der Waals surface area contributed by atoms with Crippen LogP contribution in [-0.2, 0) is 0 Å². The van der Waals surface area contributed by atoms with Crippen molar-refractivity contribution in [2.75, 3.05) is 18.5 Å². The number of fused-ring (bicyclic) bond motifs is 1. The van der Waals surface area contributed by atoms with Gasteiger partial charge in [-0.2, -0.15) is 0 Å². The van der Waals surface area contributed by atoms with Crippen LogP contribution in [0, 0.1) is 5.92 Å². The second kappa shape index (κ2) is 9.11. The second-order valence-electron chi connectivity index (χ2n) is 8.09. The van der Waals surface area contributed by atoms with Crippen LogP contribution in [0.2, 0.25) is 0 Å². The molecule has 4 atom stereocenters. The molecule has 2 aliphatic rings. The van der Waals surface area contributed by atoms with Gasteiger partial charge in [-0.25, -0.2) is 14.6 Å². The van der Waals surface area contributed by atoms with Gasteiger partial charge in [0.1, 0.15) is 6.10 Å². The summed E-state index contributed by atoms with van der Waals surface area (Å²) < 4.78 is 1.60. The highest BCUT2D eigenvalue weighted by atomic mass is 32.2. The Bertz CT molecular complexity index is 828. The fourth-order valence-corrected chi connectivity index (χ4v) is 5.42. The van der Waals surface area contributed by atoms with Crippen molar-refractivity contribution in [3.63, 3.8) is 0 Å². The highest BCUT2D eigenvalue weighted by Gasteiger charge is 2.43. The summed E-state index contributed by atoms with van der Waals surface area (Å²) in [6.45, 7) is 2.75. The minimum atomic E-state index is -1.02. The molecule has 0 spiro atoms. The minimum Gasteiger partial charge on any atom is -0.396 e. The van der Waals surface area contributed by atoms with Gasteiger partial charge in [-0.15, -0.1) is 5.10 Å². The predicted octanol–water partition coefficient (Wildman–Crippen LogP) is 1.74. The summed E-state index contributed by atoms with van der Waals surface area (Å²) in [4.78, 5) is 9.45. The number of nitrogens with zero attached hydrogens (tertiary/aromatic N) is 5. The third-order valence-corrected chi connectivity index (χ3v) is 7.22. The van der Waals surface area contributed by atoms with Gasteiger partial charge < -0.3 is 20.6 Å². The number of rotatable bonds is 8. The molecule has 2 heterocycles. The maximum absolute atomic E-state index is 10.5. The molecule has 0 radical (unpaired) electrons. The van der Waals surface area contributed by atoms with Crippen molar-refractivity contribution < 1.29 is 15.3 Å². The normalized spacial score (nSPS) is 27.9. The summed E-state index contributed by atoms with van der Waals surface area (Å²) in [5.41, 5.74) is 1.14. The van der Waals surface area contributed by atoms with Gasteiger partial charge in [0.25, 0.3) is 0 Å². The lowest BCUT2D eigenvalue weighted by Crippen LogP contribution is -2.30. The molecule has 2 aromatic rings. The molecule has 0 aromatic carbocycles. The van der Waals surface area contributed by atoms with E-state index in [1.165, 1.54) is 25.7 Å². The summed E-state index contributed by atoms with van der Waals surface area (Å²) in [5, 5.41) is 43.4. The van der Waals surface area contributed by atoms with Gasteiger partial charge in [0, 0.05) is 24.3 Å². The average molecular weight is 423 g/mol. The minimum absolute atomic E-state index is 0.178. The van der Waals surface area contributed by atoms with E-state index in [0.29, 0.717) is 33.8 Å². The number of aliphatic hydroxyl groups excluding tert-OH is 3. The number of hydrogen-bond acceptors (Lipinski definition) is 9. The van der Waals surface area contributed by atoms with Crippen LogP contribution in [0.15, 0.2) is 5.16 Å². The van der Waals surface area contributed by atoms with Crippen LogP contribution in [0.4, 0.5) is 5.82 Å². The lowest BCUT2D eigenvalue weighted by Gasteiger charge is -2.17. The van der Waals surface area contributed by atoms with Crippen LogP contribution in [-0.4, -0.2) is 70.9 Å². The van der Waals surface area contributed by atoms with Crippen molar-refractivity contribution in [2.24, 2.45) is 5.92 Å². The van der Waals surface area contributed by atoms with Crippen LogP contribution in [0.1, 0.15) is 57.9 Å². The lowest BCUT2D eigenvalue weighted by atomic mass is 10.1. The quantitative estimate of drug-likeness (QED) is 0.371. The first-order chi connectivity index (χ1) is 14.1. The summed E-state index contributed by atoms with van der Waals surface area (Å²) in [6.07, 6.45) is 5.36. The van der Waals surface area contributed by atoms with Crippen LogP contribution in [0.25, 0.3) is 11.2 Å². The summed E-state index contributed by atoms with van der Waals surface area (Å²) in [6, 6.07) is -0.477. The maximum Gasteiger partial charge on any atom is 0.191 e. The third-order valence-electron chi connectivity index (χ3n) is 6.02. The Hall–Kier alpha value is -1.49. The fourth-order valence-electron chi connectivity index (χ4n) is 4.27. The molecule has 0 aliphatic heterocycles. The summed E-state index contributed by atoms with van der Waals surface area (Å²) in [5.74, 6) is 0.285. The number of hydrogen-bond donors (Lipinski definition) is 4. The lowest BCUT2D eigenvalue weighted by molar-refractivity contribution is -0.00512. The molecule has 4 N–H and O–H groups in total. The van der Waals surface area contributed by atoms with Crippen LogP contribution >= 0.6 is 11.8 Å². The van der Waals surface area contributed by atoms with E-state index in [9.17, 15) is 15.3 Å². The van der Waals surface area contributed by atoms with E-state index in [1.54, 1.807) is 16.4 Å². The Kier molecular flexibility index (Phi) is 6.53. The van der Waals surface area contributed by atoms with Gasteiger partial charge in [-0.3, -0.25) is 0 Å². The standard InChI is InChI=1S/C19H30N6O3S/c1-2-3-8-20-17-14-18(22-19(21-17)29-12-6-4-5-7-12)25(24-23-14)13-9-11(10-26)15(27)16(13)28/h11-13,15-16,26-28H,2-10H2,1H3,(H,20,21,22)/t11?,13?,15-,16?/m1/s1. The van der Waals surface area contributed by atoms with E-state index in [1.807, 2.05) is 0 Å². The topological polar surface area (TPSA) is 129 Å². The predicted molar refractivity (Wildman–Crippen MR) is 111 cm³/mol. The van der Waals surface area contributed by atoms with Crippen molar-refractivity contribution in [1.82, 2.24) is 25.0 Å². The van der Waals surface area contributed by atoms with Crippen LogP contribution in [0.5, 0.6) is 0 Å². The van der Waals surface area contributed by atoms with Crippen molar-refractivity contribution >= 4 is 28.7 Å². The molecule has 10 heteroatoms. The Morgan fingerprint density at radius 1 is 1.17 bits per heavy atom. The Labute approximate surface area is 174 Å². The van der Waals surface area contributed by atoms with E-state index in [0.717, 1.165) is 19.4 Å². The van der Waals surface area contributed by atoms with Gasteiger partial charge in [0.05, 0.1) is 12.1 Å². The molecule has 9 nitrogen and oxygen atoms in total. The Morgan fingerprint density at radius 3 is 2.66 bits per heavy atom. The molecule has 0 bridgehead atoms. The summed E-state index contributed by atoms with van der Waals surface area (Å²) >= 11 is 1.70. The third kappa shape index (κ3) is 4.21. The molecule has 29 heavy (non-hydrogen) atoms. The number of unbranched alkanes of at least 4 members (excludes halogenated alkanes) is 1. The van der Waals surface area contributed by atoms with Gasteiger partial charge in [0.2, 0.25) is 0 Å². The van der Waals surface area contributed by atoms with E-state index in [2.05, 4.69) is 22.6 Å². The van der Waals surface area contributed by atoms with Crippen molar-refractivity contribution in [1.29, 1.82) is 0 Å². The largest absolute Gasteiger partial charge is 0.396 e. The highest BCUT2D eigenvalue weighted by Crippen LogP contribution is 2.38. The Balaban J connectivity index is 1.69. The van der Waals surface area contributed by atoms with Gasteiger partial charge in [-0.05, 0) is 25.7 Å². The molecule has 3 unspecified atom stereocenters. The molecule has 160 valence electrons. The number of anilines is 1. The maximum atomic E-state index is 10.5. The number of aromatic nitrogens is 5. The van der Waals surface area contributed by atoms with Crippen molar-refractivity contribution in [3.8, 4) is 0 Å². The number of nitrogens with one attached hydrogen (secondary N) is 1. The zero-order chi connectivity index (χ0) is 20.4. The first-order valence-corrected chi connectivity index (χ1v) is 11.5. The second-order valence-corrected chi connectivity index (χ2v) is 9.36. The van der Waals surface area contributed by atoms with Crippen LogP contribution in [0.3, 0.4) is 0 Å². The smallest absolute Gasteiger partial charge is 0.191 e. The van der Waals surface area contributed by atoms with E-state index < -0.39 is 18.2 Å². The van der Waals surface area contributed by atoms with E-state index in [4.69, 9.17) is 9.97 Å². The monoisotopic (exact) mass is 422 g/mol. The van der Waals surface area contributed by atoms with Crippen molar-refractivity contribution in [3.05, 3.63) is 0 Å². The molecule has 2 aromatic heterocycles. The highest BCUT2D eigenvalue weighted by molar-refractivity contribution is 7.99. The molecule has 0 amide bonds. The molecule has 0 saturated heterocycles. The zero-order valence-electron chi connectivity index (χ0n) is 16.7. The first-order valence-electron chi connectivity index (χ1n) is 10.6. The first kappa shape index (κ1) is 20.8. The van der Waals surface area contributed by atoms with Gasteiger partial charge >= 0.3 is 0 Å². The number of thioether (sulfide) groups is 1. The molecule has 2 aliphatic carbocycles. The number of aliphatic hydroxyl groups is 3. The zero-order valence-corrected chi connectivity index (χ0v) is 17.6. The molecular formula is C19H30N6O3S.